The molecule has 4 nitrogen and oxygen atoms in total. The number of nitrogens with zero attached hydrogens (tertiary/aromatic N) is 3. The Morgan fingerprint density at radius 1 is 1.03 bits per heavy atom. The minimum absolute atomic E-state index is 0.0861. The number of hydrogen-bond donors (Lipinski definition) is 0. The van der Waals surface area contributed by atoms with Crippen molar-refractivity contribution in [3.63, 3.8) is 0 Å². The highest BCUT2D eigenvalue weighted by Crippen LogP contribution is 2.49. The molecule has 2 aliphatic rings. The molecule has 7 heteroatoms. The molecule has 2 aromatic rings. The molecule has 0 aliphatic carbocycles. The van der Waals surface area contributed by atoms with Gasteiger partial charge in [-0.1, -0.05) is 30.0 Å². The summed E-state index contributed by atoms with van der Waals surface area (Å²) in [5.74, 6) is 0. The van der Waals surface area contributed by atoms with Crippen molar-refractivity contribution in [2.75, 3.05) is 58.3 Å². The van der Waals surface area contributed by atoms with Gasteiger partial charge in [-0.05, 0) is 43.8 Å². The lowest BCUT2D eigenvalue weighted by Gasteiger charge is -2.38. The van der Waals surface area contributed by atoms with Gasteiger partial charge in [0.15, 0.2) is 0 Å². The van der Waals surface area contributed by atoms with Crippen LogP contribution >= 0.6 is 21.0 Å². The summed E-state index contributed by atoms with van der Waals surface area (Å²) in [6.07, 6.45) is -0.827. The van der Waals surface area contributed by atoms with Crippen molar-refractivity contribution >= 4 is 32.4 Å². The Kier molecular flexibility index (Phi) is 7.56. The number of anilines is 2. The van der Waals surface area contributed by atoms with Crippen LogP contribution in [-0.2, 0) is 4.74 Å². The maximum atomic E-state index is 14.0. The van der Waals surface area contributed by atoms with Crippen LogP contribution in [0.5, 0.6) is 0 Å². The predicted octanol–water partition coefficient (Wildman–Crippen LogP) is 4.83. The fourth-order valence-electron chi connectivity index (χ4n) is 4.24. The monoisotopic (exact) mass is 461 g/mol. The first-order chi connectivity index (χ1) is 15.0. The van der Waals surface area contributed by atoms with Crippen molar-refractivity contribution < 1.29 is 9.13 Å². The van der Waals surface area contributed by atoms with E-state index in [0.29, 0.717) is 0 Å². The second kappa shape index (κ2) is 10.2. The normalized spacial score (nSPS) is 20.1. The number of alkyl halides is 1. The minimum Gasteiger partial charge on any atom is -0.378 e. The fourth-order valence-corrected chi connectivity index (χ4v) is 5.53. The number of ether oxygens (including phenoxy) is 1. The molecule has 2 heterocycles. The van der Waals surface area contributed by atoms with E-state index in [0.717, 1.165) is 50.5 Å². The number of likely N-dealkylation sites (N-methyl/N-ethyl adjacent to an activating group) is 1. The van der Waals surface area contributed by atoms with Gasteiger partial charge in [-0.25, -0.2) is 4.39 Å². The number of fused-ring (bicyclic) bond motifs is 2. The zero-order chi connectivity index (χ0) is 22.0. The molecular weight excluding hydrogens is 428 g/mol. The maximum Gasteiger partial charge on any atom is 0.108 e. The van der Waals surface area contributed by atoms with Gasteiger partial charge < -0.3 is 14.5 Å². The van der Waals surface area contributed by atoms with E-state index < -0.39 is 6.17 Å². The van der Waals surface area contributed by atoms with Crippen LogP contribution in [0.2, 0.25) is 0 Å². The molecule has 0 saturated carbocycles. The highest BCUT2D eigenvalue weighted by Gasteiger charge is 2.28. The Morgan fingerprint density at radius 3 is 2.45 bits per heavy atom. The first-order valence-corrected chi connectivity index (χ1v) is 12.5. The van der Waals surface area contributed by atoms with Crippen LogP contribution in [0.15, 0.2) is 52.3 Å². The molecule has 0 aromatic heterocycles. The Labute approximate surface area is 192 Å². The average Bonchev–Trinajstić information content (AvgIpc) is 2.78. The summed E-state index contributed by atoms with van der Waals surface area (Å²) in [5.41, 5.74) is 3.15. The number of para-hydroxylation sites is 1. The largest absolute Gasteiger partial charge is 0.378 e. The molecule has 168 valence electrons. The van der Waals surface area contributed by atoms with Crippen molar-refractivity contribution in [3.8, 4) is 0 Å². The molecule has 4 rings (SSSR count). The van der Waals surface area contributed by atoms with Gasteiger partial charge in [0.05, 0.1) is 24.0 Å². The molecule has 1 saturated heterocycles. The van der Waals surface area contributed by atoms with Gasteiger partial charge in [-0.3, -0.25) is 4.90 Å². The molecule has 2 aliphatic heterocycles. The lowest BCUT2D eigenvalue weighted by Crippen LogP contribution is -2.49. The lowest BCUT2D eigenvalue weighted by atomic mass is 10.1. The van der Waals surface area contributed by atoms with Crippen LogP contribution in [0.4, 0.5) is 15.8 Å². The molecule has 0 N–H and O–H groups in total. The standard InChI is InChI=1S/C24H33FN3OPS/c1-17(25)24(30)18-8-9-23-21(14-18)28(20-6-4-5-7-22(20)31-23)16-19(29-3)15-27-12-10-26(2)11-13-27/h4-9,14,17,19,24H,10-13,15-16,30H2,1-3H3/t17-,19?,24?/m0/s1. The third-order valence-electron chi connectivity index (χ3n) is 6.31. The fraction of sp³-hybridized carbons (Fsp3) is 0.500. The van der Waals surface area contributed by atoms with Gasteiger partial charge in [0.25, 0.3) is 0 Å². The van der Waals surface area contributed by atoms with Gasteiger partial charge in [0.2, 0.25) is 0 Å². The minimum atomic E-state index is -0.913. The second-order valence-corrected chi connectivity index (χ2v) is 10.4. The summed E-state index contributed by atoms with van der Waals surface area (Å²) in [5, 5.41) is 0. The van der Waals surface area contributed by atoms with Crippen LogP contribution in [0.25, 0.3) is 0 Å². The molecule has 0 radical (unpaired) electrons. The smallest absolute Gasteiger partial charge is 0.108 e. The Hall–Kier alpha value is -1.17. The van der Waals surface area contributed by atoms with Crippen molar-refractivity contribution in [1.82, 2.24) is 9.80 Å². The predicted molar refractivity (Wildman–Crippen MR) is 132 cm³/mol. The van der Waals surface area contributed by atoms with Crippen molar-refractivity contribution in [1.29, 1.82) is 0 Å². The Balaban J connectivity index is 1.61. The van der Waals surface area contributed by atoms with Gasteiger partial charge in [0, 0.05) is 55.3 Å². The Bertz CT molecular complexity index is 891. The highest BCUT2D eigenvalue weighted by molar-refractivity contribution is 7.99. The van der Waals surface area contributed by atoms with Crippen LogP contribution < -0.4 is 4.90 Å². The molecular formula is C24H33FN3OPS. The number of rotatable bonds is 7. The van der Waals surface area contributed by atoms with E-state index in [9.17, 15) is 4.39 Å². The summed E-state index contributed by atoms with van der Waals surface area (Å²) >= 11 is 1.79. The van der Waals surface area contributed by atoms with Gasteiger partial charge in [-0.2, -0.15) is 0 Å². The van der Waals surface area contributed by atoms with E-state index in [1.54, 1.807) is 18.7 Å². The number of halogens is 1. The third kappa shape index (κ3) is 5.26. The summed E-state index contributed by atoms with van der Waals surface area (Å²) < 4.78 is 20.0. The van der Waals surface area contributed by atoms with E-state index in [4.69, 9.17) is 4.74 Å². The van der Waals surface area contributed by atoms with Crippen LogP contribution in [-0.4, -0.2) is 75.5 Å². The second-order valence-electron chi connectivity index (χ2n) is 8.57. The van der Waals surface area contributed by atoms with E-state index in [2.05, 4.69) is 73.5 Å². The van der Waals surface area contributed by atoms with Gasteiger partial charge in [0.1, 0.15) is 6.17 Å². The summed E-state index contributed by atoms with van der Waals surface area (Å²) in [6.45, 7) is 7.66. The van der Waals surface area contributed by atoms with Crippen molar-refractivity contribution in [2.45, 2.75) is 34.6 Å². The first kappa shape index (κ1) is 23.0. The SMILES string of the molecule is COC(CN1CCN(C)CC1)CN1c2ccccc2Sc2ccc(C(P)[C@H](C)F)cc21. The summed E-state index contributed by atoms with van der Waals surface area (Å²) in [7, 11) is 6.65. The number of methoxy groups -OCH3 is 1. The zero-order valence-electron chi connectivity index (χ0n) is 18.6. The Morgan fingerprint density at radius 2 is 1.74 bits per heavy atom. The van der Waals surface area contributed by atoms with Crippen LogP contribution in [0, 0.1) is 0 Å². The molecule has 0 bridgehead atoms. The van der Waals surface area contributed by atoms with Gasteiger partial charge >= 0.3 is 0 Å². The molecule has 0 amide bonds. The van der Waals surface area contributed by atoms with Crippen LogP contribution in [0.3, 0.4) is 0 Å². The highest BCUT2D eigenvalue weighted by atomic mass is 32.2. The van der Waals surface area contributed by atoms with Crippen molar-refractivity contribution in [3.05, 3.63) is 48.0 Å². The molecule has 2 aromatic carbocycles. The molecule has 3 unspecified atom stereocenters. The number of hydrogen-bond acceptors (Lipinski definition) is 5. The maximum absolute atomic E-state index is 14.0. The number of piperazine rings is 1. The molecule has 4 atom stereocenters. The van der Waals surface area contributed by atoms with E-state index in [-0.39, 0.29) is 11.8 Å². The number of benzene rings is 2. The molecule has 1 fully saturated rings. The summed E-state index contributed by atoms with van der Waals surface area (Å²) in [4.78, 5) is 9.70. The zero-order valence-corrected chi connectivity index (χ0v) is 20.6. The van der Waals surface area contributed by atoms with E-state index in [1.807, 2.05) is 7.11 Å². The quantitative estimate of drug-likeness (QED) is 0.549. The third-order valence-corrected chi connectivity index (χ3v) is 8.35. The average molecular weight is 462 g/mol. The topological polar surface area (TPSA) is 19.0 Å². The molecule has 0 spiro atoms. The van der Waals surface area contributed by atoms with Crippen LogP contribution in [0.1, 0.15) is 18.1 Å². The first-order valence-electron chi connectivity index (χ1n) is 11.0. The lowest BCUT2D eigenvalue weighted by molar-refractivity contribution is 0.0517. The van der Waals surface area contributed by atoms with E-state index in [1.165, 1.54) is 15.5 Å². The molecule has 31 heavy (non-hydrogen) atoms. The van der Waals surface area contributed by atoms with E-state index >= 15 is 0 Å². The van der Waals surface area contributed by atoms with Gasteiger partial charge in [-0.15, -0.1) is 9.24 Å². The van der Waals surface area contributed by atoms with Crippen molar-refractivity contribution in [2.24, 2.45) is 0 Å². The summed E-state index contributed by atoms with van der Waals surface area (Å²) in [6, 6.07) is 14.9.